The van der Waals surface area contributed by atoms with Gasteiger partial charge in [0.15, 0.2) is 11.5 Å². The Morgan fingerprint density at radius 2 is 1.57 bits per heavy atom. The molecule has 0 saturated carbocycles. The molecule has 4 rings (SSSR count). The van der Waals surface area contributed by atoms with Gasteiger partial charge in [0.1, 0.15) is 17.3 Å². The standard InChI is InChI=1S/C27H25NO7/c1-4-35-20-10-5-16(6-11-20)25(30)23-24(17-7-14-21(29)22(15-17)34-3)28(27(32)26(23)31)18-8-12-19(33-2)13-9-18/h5-15,24,29-30H,4H2,1-3H3. The third kappa shape index (κ3) is 4.38. The van der Waals surface area contributed by atoms with Crippen molar-refractivity contribution in [1.82, 2.24) is 0 Å². The Bertz CT molecular complexity index is 1280. The van der Waals surface area contributed by atoms with Gasteiger partial charge < -0.3 is 24.4 Å². The molecule has 1 aliphatic heterocycles. The van der Waals surface area contributed by atoms with Crippen LogP contribution < -0.4 is 19.1 Å². The van der Waals surface area contributed by atoms with Crippen LogP contribution in [0.5, 0.6) is 23.0 Å². The second kappa shape index (κ2) is 9.80. The van der Waals surface area contributed by atoms with Gasteiger partial charge in [0, 0.05) is 11.3 Å². The quantitative estimate of drug-likeness (QED) is 0.296. The SMILES string of the molecule is CCOc1ccc(C(O)=C2C(=O)C(=O)N(c3ccc(OC)cc3)C2c2ccc(O)c(OC)c2)cc1. The fourth-order valence-corrected chi connectivity index (χ4v) is 4.05. The number of rotatable bonds is 7. The number of ether oxygens (including phenoxy) is 3. The summed E-state index contributed by atoms with van der Waals surface area (Å²) in [4.78, 5) is 27.8. The summed E-state index contributed by atoms with van der Waals surface area (Å²) in [7, 11) is 2.93. The van der Waals surface area contributed by atoms with Crippen LogP contribution in [0.1, 0.15) is 24.1 Å². The molecule has 3 aromatic rings. The molecule has 1 fully saturated rings. The summed E-state index contributed by atoms with van der Waals surface area (Å²) in [6.45, 7) is 2.35. The van der Waals surface area contributed by atoms with Gasteiger partial charge in [-0.25, -0.2) is 0 Å². The number of nitrogens with zero attached hydrogens (tertiary/aromatic N) is 1. The van der Waals surface area contributed by atoms with E-state index < -0.39 is 17.7 Å². The summed E-state index contributed by atoms with van der Waals surface area (Å²) in [5, 5.41) is 21.3. The highest BCUT2D eigenvalue weighted by atomic mass is 16.5. The van der Waals surface area contributed by atoms with Gasteiger partial charge in [-0.2, -0.15) is 0 Å². The summed E-state index contributed by atoms with van der Waals surface area (Å²) in [5.74, 6) is -0.665. The highest BCUT2D eigenvalue weighted by Gasteiger charge is 2.47. The molecule has 180 valence electrons. The molecule has 1 heterocycles. The van der Waals surface area contributed by atoms with Gasteiger partial charge in [-0.3, -0.25) is 14.5 Å². The third-order valence-corrected chi connectivity index (χ3v) is 5.75. The van der Waals surface area contributed by atoms with Crippen molar-refractivity contribution in [2.24, 2.45) is 0 Å². The van der Waals surface area contributed by atoms with E-state index in [4.69, 9.17) is 14.2 Å². The van der Waals surface area contributed by atoms with Gasteiger partial charge in [0.2, 0.25) is 0 Å². The van der Waals surface area contributed by atoms with Crippen LogP contribution in [0.15, 0.2) is 72.3 Å². The fraction of sp³-hybridized carbons (Fsp3) is 0.185. The maximum atomic E-state index is 13.3. The lowest BCUT2D eigenvalue weighted by Crippen LogP contribution is -2.29. The first-order chi connectivity index (χ1) is 16.9. The predicted molar refractivity (Wildman–Crippen MR) is 130 cm³/mol. The lowest BCUT2D eigenvalue weighted by molar-refractivity contribution is -0.132. The topological polar surface area (TPSA) is 106 Å². The zero-order chi connectivity index (χ0) is 25.1. The van der Waals surface area contributed by atoms with Crippen LogP contribution in [-0.2, 0) is 9.59 Å². The van der Waals surface area contributed by atoms with Gasteiger partial charge >= 0.3 is 0 Å². The minimum atomic E-state index is -0.968. The molecule has 8 heteroatoms. The zero-order valence-electron chi connectivity index (χ0n) is 19.5. The number of aliphatic hydroxyl groups is 1. The number of ketones is 1. The Morgan fingerprint density at radius 3 is 2.17 bits per heavy atom. The van der Waals surface area contributed by atoms with E-state index in [1.807, 2.05) is 6.92 Å². The number of anilines is 1. The summed E-state index contributed by atoms with van der Waals surface area (Å²) in [6.07, 6.45) is 0. The molecule has 1 atom stereocenters. The molecule has 35 heavy (non-hydrogen) atoms. The number of methoxy groups -OCH3 is 2. The van der Waals surface area contributed by atoms with Crippen LogP contribution in [0.4, 0.5) is 5.69 Å². The average molecular weight is 475 g/mol. The number of Topliss-reactive ketones (excluding diaryl/α,β-unsaturated/α-hetero) is 1. The van der Waals surface area contributed by atoms with E-state index in [1.165, 1.54) is 31.3 Å². The van der Waals surface area contributed by atoms with Crippen LogP contribution in [0, 0.1) is 0 Å². The molecule has 0 aromatic heterocycles. The molecule has 1 amide bonds. The summed E-state index contributed by atoms with van der Waals surface area (Å²) in [6, 6.07) is 16.8. The molecule has 2 N–H and O–H groups in total. The largest absolute Gasteiger partial charge is 0.507 e. The van der Waals surface area contributed by atoms with Crippen molar-refractivity contribution >= 4 is 23.1 Å². The number of phenolic OH excluding ortho intramolecular Hbond substituents is 1. The summed E-state index contributed by atoms with van der Waals surface area (Å²) in [5.41, 5.74) is 1.19. The molecule has 0 spiro atoms. The smallest absolute Gasteiger partial charge is 0.300 e. The van der Waals surface area contributed by atoms with Crippen molar-refractivity contribution in [2.45, 2.75) is 13.0 Å². The third-order valence-electron chi connectivity index (χ3n) is 5.75. The number of hydrogen-bond acceptors (Lipinski definition) is 7. The maximum absolute atomic E-state index is 13.3. The van der Waals surface area contributed by atoms with E-state index in [0.717, 1.165) is 0 Å². The van der Waals surface area contributed by atoms with Gasteiger partial charge in [0.25, 0.3) is 11.7 Å². The van der Waals surface area contributed by atoms with E-state index in [0.29, 0.717) is 34.9 Å². The molecule has 1 aliphatic rings. The monoisotopic (exact) mass is 475 g/mol. The second-order valence-corrected chi connectivity index (χ2v) is 7.76. The van der Waals surface area contributed by atoms with Crippen LogP contribution in [-0.4, -0.2) is 42.7 Å². The van der Waals surface area contributed by atoms with E-state index in [9.17, 15) is 19.8 Å². The predicted octanol–water partition coefficient (Wildman–Crippen LogP) is 4.43. The number of aromatic hydroxyl groups is 1. The minimum Gasteiger partial charge on any atom is -0.507 e. The molecular formula is C27H25NO7. The van der Waals surface area contributed by atoms with Crippen LogP contribution in [0.2, 0.25) is 0 Å². The minimum absolute atomic E-state index is 0.0808. The lowest BCUT2D eigenvalue weighted by Gasteiger charge is -2.26. The maximum Gasteiger partial charge on any atom is 0.300 e. The molecule has 1 saturated heterocycles. The molecule has 8 nitrogen and oxygen atoms in total. The first-order valence-corrected chi connectivity index (χ1v) is 10.9. The summed E-state index contributed by atoms with van der Waals surface area (Å²) >= 11 is 0. The van der Waals surface area contributed by atoms with Crippen molar-refractivity contribution in [3.05, 3.63) is 83.4 Å². The Kier molecular flexibility index (Phi) is 6.64. The number of hydrogen-bond donors (Lipinski definition) is 2. The van der Waals surface area contributed by atoms with Gasteiger partial charge in [-0.05, 0) is 73.2 Å². The van der Waals surface area contributed by atoms with Crippen molar-refractivity contribution in [2.75, 3.05) is 25.7 Å². The van der Waals surface area contributed by atoms with Crippen molar-refractivity contribution in [1.29, 1.82) is 0 Å². The first-order valence-electron chi connectivity index (χ1n) is 10.9. The fourth-order valence-electron chi connectivity index (χ4n) is 4.05. The van der Waals surface area contributed by atoms with Crippen molar-refractivity contribution in [3.8, 4) is 23.0 Å². The van der Waals surface area contributed by atoms with E-state index in [2.05, 4.69) is 0 Å². The number of carbonyl (C=O) groups excluding carboxylic acids is 2. The Morgan fingerprint density at radius 1 is 0.914 bits per heavy atom. The van der Waals surface area contributed by atoms with Gasteiger partial charge in [0.05, 0.1) is 32.4 Å². The number of phenols is 1. The normalized spacial score (nSPS) is 16.9. The summed E-state index contributed by atoms with van der Waals surface area (Å²) < 4.78 is 15.9. The number of benzene rings is 3. The molecule has 1 unspecified atom stereocenters. The van der Waals surface area contributed by atoms with E-state index in [-0.39, 0.29) is 22.8 Å². The molecule has 0 aliphatic carbocycles. The van der Waals surface area contributed by atoms with Gasteiger partial charge in [-0.1, -0.05) is 6.07 Å². The Labute approximate surface area is 202 Å². The van der Waals surface area contributed by atoms with Crippen LogP contribution in [0.25, 0.3) is 5.76 Å². The molecular weight excluding hydrogens is 450 g/mol. The van der Waals surface area contributed by atoms with Gasteiger partial charge in [-0.15, -0.1) is 0 Å². The number of carbonyl (C=O) groups is 2. The van der Waals surface area contributed by atoms with Crippen molar-refractivity contribution < 1.29 is 34.0 Å². The second-order valence-electron chi connectivity index (χ2n) is 7.76. The average Bonchev–Trinajstić information content (AvgIpc) is 3.15. The number of amides is 1. The highest BCUT2D eigenvalue weighted by Crippen LogP contribution is 2.44. The number of aliphatic hydroxyl groups excluding tert-OH is 1. The molecule has 3 aromatic carbocycles. The van der Waals surface area contributed by atoms with E-state index >= 15 is 0 Å². The van der Waals surface area contributed by atoms with Crippen molar-refractivity contribution in [3.63, 3.8) is 0 Å². The molecule has 0 bridgehead atoms. The Balaban J connectivity index is 1.90. The highest BCUT2D eigenvalue weighted by molar-refractivity contribution is 6.51. The zero-order valence-corrected chi connectivity index (χ0v) is 19.5. The first kappa shape index (κ1) is 23.7. The van der Waals surface area contributed by atoms with E-state index in [1.54, 1.807) is 54.6 Å². The lowest BCUT2D eigenvalue weighted by atomic mass is 9.94. The van der Waals surface area contributed by atoms with Crippen LogP contribution >= 0.6 is 0 Å². The van der Waals surface area contributed by atoms with Crippen LogP contribution in [0.3, 0.4) is 0 Å². The molecule has 0 radical (unpaired) electrons. The Hall–Kier alpha value is -4.46.